The van der Waals surface area contributed by atoms with Gasteiger partial charge in [0.15, 0.2) is 17.2 Å². The molecule has 0 fully saturated rings. The topological polar surface area (TPSA) is 100 Å². The number of rotatable bonds is 8. The van der Waals surface area contributed by atoms with Gasteiger partial charge in [-0.1, -0.05) is 17.7 Å². The first-order chi connectivity index (χ1) is 15.9. The number of benzene rings is 2. The van der Waals surface area contributed by atoms with Gasteiger partial charge in [0.25, 0.3) is 5.69 Å². The Morgan fingerprint density at radius 3 is 2.67 bits per heavy atom. The van der Waals surface area contributed by atoms with E-state index in [2.05, 4.69) is 4.99 Å². The van der Waals surface area contributed by atoms with Crippen molar-refractivity contribution >= 4 is 46.6 Å². The highest BCUT2D eigenvalue weighted by atomic mass is 35.5. The average molecular weight is 485 g/mol. The van der Waals surface area contributed by atoms with Crippen molar-refractivity contribution in [3.8, 4) is 11.5 Å². The van der Waals surface area contributed by atoms with Crippen molar-refractivity contribution in [2.75, 3.05) is 6.61 Å². The molecule has 4 rings (SSSR count). The number of carbonyl (C=O) groups is 1. The largest absolute Gasteiger partial charge is 0.490 e. The van der Waals surface area contributed by atoms with Crippen molar-refractivity contribution < 1.29 is 23.9 Å². The first-order valence-corrected chi connectivity index (χ1v) is 11.1. The van der Waals surface area contributed by atoms with E-state index in [-0.39, 0.29) is 28.9 Å². The number of non-ortho nitro benzene ring substituents is 1. The maximum Gasteiger partial charge on any atom is 0.363 e. The molecule has 168 valence electrons. The molecule has 0 atom stereocenters. The Balaban J connectivity index is 1.57. The molecule has 0 N–H and O–H groups in total. The highest BCUT2D eigenvalue weighted by molar-refractivity contribution is 7.12. The van der Waals surface area contributed by atoms with Crippen LogP contribution in [-0.4, -0.2) is 23.4 Å². The fourth-order valence-electron chi connectivity index (χ4n) is 3.02. The lowest BCUT2D eigenvalue weighted by atomic mass is 10.1. The fraction of sp³-hybridized carbons (Fsp3) is 0.130. The molecule has 0 radical (unpaired) electrons. The van der Waals surface area contributed by atoms with Crippen LogP contribution in [0.2, 0.25) is 5.02 Å². The summed E-state index contributed by atoms with van der Waals surface area (Å²) in [5.74, 6) is 0.440. The van der Waals surface area contributed by atoms with Crippen molar-refractivity contribution in [2.45, 2.75) is 13.5 Å². The summed E-state index contributed by atoms with van der Waals surface area (Å²) in [6, 6.07) is 13.0. The smallest absolute Gasteiger partial charge is 0.363 e. The molecule has 1 aromatic heterocycles. The number of thiophene rings is 1. The second-order valence-corrected chi connectivity index (χ2v) is 8.14. The number of nitrogens with zero attached hydrogens (tertiary/aromatic N) is 2. The van der Waals surface area contributed by atoms with Gasteiger partial charge in [0.2, 0.25) is 5.90 Å². The summed E-state index contributed by atoms with van der Waals surface area (Å²) >= 11 is 7.88. The van der Waals surface area contributed by atoms with E-state index in [1.165, 1.54) is 23.5 Å². The summed E-state index contributed by atoms with van der Waals surface area (Å²) in [4.78, 5) is 27.6. The molecule has 0 bridgehead atoms. The number of cyclic esters (lactones) is 1. The monoisotopic (exact) mass is 484 g/mol. The number of hydrogen-bond acceptors (Lipinski definition) is 8. The van der Waals surface area contributed by atoms with Crippen molar-refractivity contribution in [1.29, 1.82) is 0 Å². The van der Waals surface area contributed by atoms with Gasteiger partial charge >= 0.3 is 5.97 Å². The molecular weight excluding hydrogens is 468 g/mol. The third-order valence-corrected chi connectivity index (χ3v) is 5.66. The van der Waals surface area contributed by atoms with Gasteiger partial charge < -0.3 is 14.2 Å². The maximum atomic E-state index is 12.2. The van der Waals surface area contributed by atoms with Gasteiger partial charge in [-0.15, -0.1) is 11.3 Å². The molecule has 1 aliphatic heterocycles. The number of esters is 1. The van der Waals surface area contributed by atoms with Gasteiger partial charge in [0, 0.05) is 12.1 Å². The summed E-state index contributed by atoms with van der Waals surface area (Å²) in [6.07, 6.45) is 1.57. The van der Waals surface area contributed by atoms with E-state index >= 15 is 0 Å². The number of ether oxygens (including phenoxy) is 3. The Morgan fingerprint density at radius 1 is 1.21 bits per heavy atom. The molecule has 0 unspecified atom stereocenters. The molecule has 3 aromatic rings. The van der Waals surface area contributed by atoms with E-state index in [0.29, 0.717) is 23.7 Å². The molecule has 0 saturated carbocycles. The Kier molecular flexibility index (Phi) is 6.71. The van der Waals surface area contributed by atoms with Gasteiger partial charge in [-0.25, -0.2) is 9.79 Å². The predicted octanol–water partition coefficient (Wildman–Crippen LogP) is 5.63. The molecular formula is C23H17ClN2O6S. The third kappa shape index (κ3) is 5.21. The Hall–Kier alpha value is -3.69. The second-order valence-electron chi connectivity index (χ2n) is 6.79. The summed E-state index contributed by atoms with van der Waals surface area (Å²) < 4.78 is 16.8. The van der Waals surface area contributed by atoms with Crippen molar-refractivity contribution in [1.82, 2.24) is 0 Å². The van der Waals surface area contributed by atoms with Crippen LogP contribution in [0, 0.1) is 10.1 Å². The first-order valence-electron chi connectivity index (χ1n) is 9.83. The zero-order valence-electron chi connectivity index (χ0n) is 17.3. The van der Waals surface area contributed by atoms with Crippen LogP contribution in [0.3, 0.4) is 0 Å². The van der Waals surface area contributed by atoms with Gasteiger partial charge in [0.05, 0.1) is 21.4 Å². The van der Waals surface area contributed by atoms with E-state index < -0.39 is 10.9 Å². The molecule has 0 amide bonds. The Morgan fingerprint density at radius 2 is 2.00 bits per heavy atom. The summed E-state index contributed by atoms with van der Waals surface area (Å²) in [7, 11) is 0. The number of carbonyl (C=O) groups excluding carboxylic acids is 1. The van der Waals surface area contributed by atoms with Crippen LogP contribution in [0.15, 0.2) is 64.6 Å². The minimum absolute atomic E-state index is 0.000451. The van der Waals surface area contributed by atoms with E-state index in [0.717, 1.165) is 10.4 Å². The van der Waals surface area contributed by atoms with Crippen LogP contribution in [0.5, 0.6) is 11.5 Å². The maximum absolute atomic E-state index is 12.2. The van der Waals surface area contributed by atoms with Crippen molar-refractivity contribution in [3.05, 3.63) is 90.7 Å². The molecule has 10 heteroatoms. The van der Waals surface area contributed by atoms with Gasteiger partial charge in [-0.05, 0) is 59.8 Å². The quantitative estimate of drug-likeness (QED) is 0.178. The molecule has 0 spiro atoms. The SMILES string of the molecule is CCOc1cc(/C=C2\N=C(c3cccs3)OC2=O)cc(Cl)c1OCc1ccc([N+](=O)[O-])cc1. The van der Waals surface area contributed by atoms with Crippen LogP contribution in [-0.2, 0) is 16.1 Å². The normalized spacial score (nSPS) is 14.2. The molecule has 2 aromatic carbocycles. The van der Waals surface area contributed by atoms with E-state index in [4.69, 9.17) is 25.8 Å². The lowest BCUT2D eigenvalue weighted by molar-refractivity contribution is -0.384. The summed E-state index contributed by atoms with van der Waals surface area (Å²) in [6.45, 7) is 2.33. The molecule has 2 heterocycles. The summed E-state index contributed by atoms with van der Waals surface area (Å²) in [5, 5.41) is 13.0. The lowest BCUT2D eigenvalue weighted by Gasteiger charge is -2.14. The molecule has 1 aliphatic rings. The molecule has 0 aliphatic carbocycles. The minimum atomic E-state index is -0.550. The van der Waals surface area contributed by atoms with Crippen molar-refractivity contribution in [2.24, 2.45) is 4.99 Å². The number of aliphatic imine (C=N–C) groups is 1. The van der Waals surface area contributed by atoms with Crippen LogP contribution in [0.4, 0.5) is 5.69 Å². The van der Waals surface area contributed by atoms with Crippen LogP contribution >= 0.6 is 22.9 Å². The van der Waals surface area contributed by atoms with Crippen LogP contribution in [0.25, 0.3) is 6.08 Å². The highest BCUT2D eigenvalue weighted by Crippen LogP contribution is 2.38. The van der Waals surface area contributed by atoms with E-state index in [1.807, 2.05) is 24.4 Å². The lowest BCUT2D eigenvalue weighted by Crippen LogP contribution is -2.03. The van der Waals surface area contributed by atoms with Crippen molar-refractivity contribution in [3.63, 3.8) is 0 Å². The Labute approximate surface area is 197 Å². The third-order valence-electron chi connectivity index (χ3n) is 4.52. The van der Waals surface area contributed by atoms with E-state index in [9.17, 15) is 14.9 Å². The van der Waals surface area contributed by atoms with Gasteiger partial charge in [0.1, 0.15) is 6.61 Å². The van der Waals surface area contributed by atoms with Crippen LogP contribution < -0.4 is 9.47 Å². The standard InChI is InChI=1S/C23H17ClN2O6S/c1-2-30-19-12-15(11-18-23(27)32-22(25-18)20-4-3-9-33-20)10-17(24)21(19)31-13-14-5-7-16(8-6-14)26(28)29/h3-12H,2,13H2,1H3/b18-11-. The fourth-order valence-corrected chi connectivity index (χ4v) is 3.94. The van der Waals surface area contributed by atoms with Gasteiger partial charge in [-0.3, -0.25) is 10.1 Å². The second kappa shape index (κ2) is 9.85. The zero-order valence-corrected chi connectivity index (χ0v) is 18.9. The Bertz CT molecular complexity index is 1250. The minimum Gasteiger partial charge on any atom is -0.490 e. The number of nitro benzene ring substituents is 1. The molecule has 33 heavy (non-hydrogen) atoms. The van der Waals surface area contributed by atoms with Crippen LogP contribution in [0.1, 0.15) is 22.9 Å². The summed E-state index contributed by atoms with van der Waals surface area (Å²) in [5.41, 5.74) is 1.47. The average Bonchev–Trinajstić information content (AvgIpc) is 3.44. The number of nitro groups is 1. The van der Waals surface area contributed by atoms with E-state index in [1.54, 1.807) is 30.3 Å². The molecule has 0 saturated heterocycles. The molecule has 8 nitrogen and oxygen atoms in total. The van der Waals surface area contributed by atoms with Gasteiger partial charge in [-0.2, -0.15) is 0 Å². The number of hydrogen-bond donors (Lipinski definition) is 0. The number of halogens is 1. The predicted molar refractivity (Wildman–Crippen MR) is 125 cm³/mol. The first kappa shape index (κ1) is 22.5. The highest BCUT2D eigenvalue weighted by Gasteiger charge is 2.25. The zero-order chi connectivity index (χ0) is 23.4.